The first-order valence-electron chi connectivity index (χ1n) is 16.8. The van der Waals surface area contributed by atoms with Crippen LogP contribution in [0.4, 0.5) is 0 Å². The van der Waals surface area contributed by atoms with Crippen LogP contribution in [0.2, 0.25) is 0 Å². The molecule has 2 aliphatic carbocycles. The first kappa shape index (κ1) is 34.8. The minimum atomic E-state index is -1.12. The summed E-state index contributed by atoms with van der Waals surface area (Å²) in [5.41, 5.74) is 2.39. The Morgan fingerprint density at radius 3 is 2.32 bits per heavy atom. The Balaban J connectivity index is 1.49. The van der Waals surface area contributed by atoms with E-state index in [1.165, 1.54) is 17.8 Å². The molecule has 0 bridgehead atoms. The molecule has 1 aromatic rings. The van der Waals surface area contributed by atoms with Gasteiger partial charge in [-0.2, -0.15) is 0 Å². The molecule has 1 aliphatic heterocycles. The molecule has 7 atom stereocenters. The zero-order chi connectivity index (χ0) is 31.8. The Morgan fingerprint density at radius 2 is 1.70 bits per heavy atom. The van der Waals surface area contributed by atoms with Crippen LogP contribution in [-0.4, -0.2) is 88.4 Å². The number of carbonyl (C=O) groups is 3. The molecule has 11 heteroatoms. The quantitative estimate of drug-likeness (QED) is 0.232. The Morgan fingerprint density at radius 1 is 1.00 bits per heavy atom. The van der Waals surface area contributed by atoms with Gasteiger partial charge in [0.1, 0.15) is 12.1 Å². The van der Waals surface area contributed by atoms with Crippen molar-refractivity contribution in [3.05, 3.63) is 16.6 Å². The van der Waals surface area contributed by atoms with Gasteiger partial charge in [-0.15, -0.1) is 11.3 Å². The highest BCUT2D eigenvalue weighted by molar-refractivity contribution is 7.07. The summed E-state index contributed by atoms with van der Waals surface area (Å²) >= 11 is 1.42. The molecule has 4 N–H and O–H groups in total. The van der Waals surface area contributed by atoms with Gasteiger partial charge in [-0.05, 0) is 42.9 Å². The molecule has 3 amide bonds. The Kier molecular flexibility index (Phi) is 13.0. The van der Waals surface area contributed by atoms with Gasteiger partial charge in [0.25, 0.3) is 0 Å². The topological polar surface area (TPSA) is 141 Å². The van der Waals surface area contributed by atoms with Crippen LogP contribution in [0.5, 0.6) is 0 Å². The lowest BCUT2D eigenvalue weighted by molar-refractivity contribution is -0.138. The van der Waals surface area contributed by atoms with E-state index < -0.39 is 42.0 Å². The Hall–Kier alpha value is -2.08. The second-order valence-electron chi connectivity index (χ2n) is 14.1. The van der Waals surface area contributed by atoms with Gasteiger partial charge in [-0.25, -0.2) is 4.98 Å². The average Bonchev–Trinajstić information content (AvgIpc) is 3.44. The minimum absolute atomic E-state index is 0.00517. The Labute approximate surface area is 266 Å². The number of hydrogen-bond donors (Lipinski definition) is 4. The third-order valence-corrected chi connectivity index (χ3v) is 10.1. The maximum Gasteiger partial charge on any atom is 0.243 e. The number of aliphatic hydroxyl groups is 2. The average molecular weight is 635 g/mol. The van der Waals surface area contributed by atoms with Gasteiger partial charge in [-0.1, -0.05) is 59.8 Å². The normalized spacial score (nSPS) is 25.4. The molecule has 0 radical (unpaired) electrons. The van der Waals surface area contributed by atoms with Crippen LogP contribution >= 0.6 is 11.3 Å². The van der Waals surface area contributed by atoms with Crippen LogP contribution in [0, 0.1) is 35.5 Å². The summed E-state index contributed by atoms with van der Waals surface area (Å²) in [5.74, 6) is -0.784. The van der Waals surface area contributed by atoms with Crippen LogP contribution < -0.4 is 10.6 Å². The number of ether oxygens (including phenoxy) is 1. The van der Waals surface area contributed by atoms with Crippen molar-refractivity contribution in [2.24, 2.45) is 35.5 Å². The largest absolute Gasteiger partial charge is 0.390 e. The number of nitrogens with zero attached hydrogens (tertiary/aromatic N) is 2. The lowest BCUT2D eigenvalue weighted by atomic mass is 9.82. The van der Waals surface area contributed by atoms with Gasteiger partial charge in [0, 0.05) is 24.9 Å². The van der Waals surface area contributed by atoms with Crippen molar-refractivity contribution in [1.29, 1.82) is 0 Å². The van der Waals surface area contributed by atoms with Crippen LogP contribution in [-0.2, 0) is 25.5 Å². The zero-order valence-corrected chi connectivity index (χ0v) is 27.8. The van der Waals surface area contributed by atoms with Crippen LogP contribution in [0.25, 0.3) is 0 Å². The van der Waals surface area contributed by atoms with E-state index in [0.29, 0.717) is 56.7 Å². The lowest BCUT2D eigenvalue weighted by Gasteiger charge is -2.33. The van der Waals surface area contributed by atoms with E-state index in [-0.39, 0.29) is 30.1 Å². The van der Waals surface area contributed by atoms with Crippen molar-refractivity contribution in [3.8, 4) is 0 Å². The fourth-order valence-corrected chi connectivity index (χ4v) is 7.74. The molecular formula is C33H54N4O6S. The van der Waals surface area contributed by atoms with E-state index in [0.717, 1.165) is 32.1 Å². The number of rotatable bonds is 15. The summed E-state index contributed by atoms with van der Waals surface area (Å²) in [6.07, 6.45) is 5.40. The highest BCUT2D eigenvalue weighted by Gasteiger charge is 2.59. The first-order chi connectivity index (χ1) is 21.0. The van der Waals surface area contributed by atoms with E-state index in [1.54, 1.807) is 10.4 Å². The number of aliphatic hydroxyl groups excluding tert-OH is 2. The summed E-state index contributed by atoms with van der Waals surface area (Å²) in [6, 6.07) is -1.56. The van der Waals surface area contributed by atoms with Crippen LogP contribution in [0.3, 0.4) is 0 Å². The number of aromatic nitrogens is 1. The van der Waals surface area contributed by atoms with Crippen molar-refractivity contribution in [2.45, 2.75) is 110 Å². The van der Waals surface area contributed by atoms with Crippen LogP contribution in [0.1, 0.15) is 84.8 Å². The fraction of sp³-hybridized carbons (Fsp3) is 0.818. The predicted octanol–water partition coefficient (Wildman–Crippen LogP) is 3.16. The van der Waals surface area contributed by atoms with E-state index in [9.17, 15) is 24.6 Å². The standard InChI is InChI=1S/C33H54N4O6S/c1-20(2)14-24-28(29(24)33(42)37-10-12-43-13-11-37)32(41)36-26(17-23-18-44-19-34-23)31(40)35-25(16-22-8-6-5-7-9-22)30(39)27(38)15-21(3)4/h18-22,24-30,38-39H,5-17H2,1-4H3,(H,35,40)(H,36,41)/t24-,25-,26-,27-,28-,29-,30+/m0/s1. The maximum absolute atomic E-state index is 13.9. The van der Waals surface area contributed by atoms with Gasteiger partial charge in [0.05, 0.1) is 48.4 Å². The zero-order valence-electron chi connectivity index (χ0n) is 27.0. The van der Waals surface area contributed by atoms with Crippen molar-refractivity contribution in [1.82, 2.24) is 20.5 Å². The summed E-state index contributed by atoms with van der Waals surface area (Å²) in [7, 11) is 0. The monoisotopic (exact) mass is 634 g/mol. The molecule has 1 saturated heterocycles. The fourth-order valence-electron chi connectivity index (χ4n) is 7.16. The molecule has 2 heterocycles. The number of carbonyl (C=O) groups excluding carboxylic acids is 3. The third kappa shape index (κ3) is 9.71. The highest BCUT2D eigenvalue weighted by Crippen LogP contribution is 2.51. The number of thiazole rings is 1. The highest BCUT2D eigenvalue weighted by atomic mass is 32.1. The summed E-state index contributed by atoms with van der Waals surface area (Å²) in [4.78, 5) is 47.4. The molecule has 4 rings (SSSR count). The molecule has 10 nitrogen and oxygen atoms in total. The maximum atomic E-state index is 13.9. The summed E-state index contributed by atoms with van der Waals surface area (Å²) in [6.45, 7) is 10.2. The first-order valence-corrected chi connectivity index (χ1v) is 17.7. The van der Waals surface area contributed by atoms with E-state index in [4.69, 9.17) is 4.74 Å². The SMILES string of the molecule is CC(C)C[C@H]1[C@H](C(=O)N[C@@H](Cc2cscn2)C(=O)N[C@@H](CC2CCCCC2)[C@@H](O)[C@@H](O)CC(C)C)[C@H]1C(=O)N1CCOCC1. The van der Waals surface area contributed by atoms with Gasteiger partial charge in [0.15, 0.2) is 0 Å². The number of hydrogen-bond acceptors (Lipinski definition) is 8. The number of amides is 3. The number of nitrogens with one attached hydrogen (secondary N) is 2. The molecule has 0 aromatic carbocycles. The molecule has 0 unspecified atom stereocenters. The third-order valence-electron chi connectivity index (χ3n) is 9.51. The molecule has 1 aromatic heterocycles. The molecule has 3 aliphatic rings. The van der Waals surface area contributed by atoms with Gasteiger partial charge < -0.3 is 30.5 Å². The summed E-state index contributed by atoms with van der Waals surface area (Å²) in [5, 5.41) is 30.0. The van der Waals surface area contributed by atoms with E-state index in [1.807, 2.05) is 19.2 Å². The molecule has 44 heavy (non-hydrogen) atoms. The van der Waals surface area contributed by atoms with Crippen molar-refractivity contribution >= 4 is 29.1 Å². The second-order valence-corrected chi connectivity index (χ2v) is 14.8. The van der Waals surface area contributed by atoms with Gasteiger partial charge in [0.2, 0.25) is 17.7 Å². The van der Waals surface area contributed by atoms with Crippen molar-refractivity contribution in [2.75, 3.05) is 26.3 Å². The van der Waals surface area contributed by atoms with Gasteiger partial charge in [-0.3, -0.25) is 14.4 Å². The van der Waals surface area contributed by atoms with Crippen LogP contribution in [0.15, 0.2) is 10.9 Å². The Bertz CT molecular complexity index is 1060. The smallest absolute Gasteiger partial charge is 0.243 e. The lowest BCUT2D eigenvalue weighted by Crippen LogP contribution is -2.56. The van der Waals surface area contributed by atoms with E-state index in [2.05, 4.69) is 29.5 Å². The summed E-state index contributed by atoms with van der Waals surface area (Å²) < 4.78 is 5.42. The van der Waals surface area contributed by atoms with Crippen molar-refractivity contribution < 1.29 is 29.3 Å². The minimum Gasteiger partial charge on any atom is -0.390 e. The van der Waals surface area contributed by atoms with E-state index >= 15 is 0 Å². The van der Waals surface area contributed by atoms with Gasteiger partial charge >= 0.3 is 0 Å². The second kappa shape index (κ2) is 16.5. The molecule has 248 valence electrons. The number of morpholine rings is 1. The molecule has 2 saturated carbocycles. The molecule has 0 spiro atoms. The molecular weight excluding hydrogens is 580 g/mol. The molecule has 3 fully saturated rings. The predicted molar refractivity (Wildman–Crippen MR) is 170 cm³/mol. The van der Waals surface area contributed by atoms with Crippen molar-refractivity contribution in [3.63, 3.8) is 0 Å².